The second kappa shape index (κ2) is 8.21. The Labute approximate surface area is 173 Å². The van der Waals surface area contributed by atoms with Crippen molar-refractivity contribution in [3.8, 4) is 21.9 Å². The molecule has 1 aromatic carbocycles. The van der Waals surface area contributed by atoms with Crippen LogP contribution in [0.3, 0.4) is 0 Å². The quantitative estimate of drug-likeness (QED) is 0.399. The number of carbonyl (C=O) groups is 1. The number of thiophene rings is 1. The van der Waals surface area contributed by atoms with Gasteiger partial charge in [-0.25, -0.2) is 4.98 Å². The average Bonchev–Trinajstić information content (AvgIpc) is 3.42. The number of carbonyl (C=O) groups excluding carboxylic acids is 1. The van der Waals surface area contributed by atoms with Gasteiger partial charge in [0.15, 0.2) is 0 Å². The second-order valence-electron chi connectivity index (χ2n) is 5.88. The monoisotopic (exact) mass is 458 g/mol. The maximum Gasteiger partial charge on any atom is 0.226 e. The van der Waals surface area contributed by atoms with E-state index in [1.807, 2.05) is 53.2 Å². The zero-order chi connectivity index (χ0) is 18.6. The van der Waals surface area contributed by atoms with Gasteiger partial charge >= 0.3 is 0 Å². The van der Waals surface area contributed by atoms with Gasteiger partial charge < -0.3 is 9.73 Å². The van der Waals surface area contributed by atoms with E-state index in [1.165, 1.54) is 0 Å². The van der Waals surface area contributed by atoms with Gasteiger partial charge in [0.05, 0.1) is 18.7 Å². The predicted octanol–water partition coefficient (Wildman–Crippen LogP) is 5.75. The first-order chi connectivity index (χ1) is 13.2. The summed E-state index contributed by atoms with van der Waals surface area (Å²) in [5.41, 5.74) is 2.89. The Morgan fingerprint density at radius 1 is 1.07 bits per heavy atom. The number of nitrogens with zero attached hydrogens (tertiary/aromatic N) is 1. The van der Waals surface area contributed by atoms with Crippen LogP contribution in [0.4, 0.5) is 0 Å². The lowest BCUT2D eigenvalue weighted by Gasteiger charge is -2.02. The third-order valence-electron chi connectivity index (χ3n) is 3.91. The molecule has 0 radical (unpaired) electrons. The molecule has 0 fully saturated rings. The van der Waals surface area contributed by atoms with Crippen LogP contribution in [-0.2, 0) is 17.8 Å². The molecule has 4 rings (SSSR count). The number of halogens is 1. The normalized spacial score (nSPS) is 10.9. The van der Waals surface area contributed by atoms with Crippen molar-refractivity contribution >= 4 is 44.5 Å². The SMILES string of the molecule is O=C(Cc1csc(-c2ccsc2)n1)NCc1ccc(-c2ccc(Br)cc2)o1. The van der Waals surface area contributed by atoms with E-state index in [0.717, 1.165) is 37.8 Å². The van der Waals surface area contributed by atoms with E-state index in [0.29, 0.717) is 6.54 Å². The summed E-state index contributed by atoms with van der Waals surface area (Å²) in [5.74, 6) is 1.43. The van der Waals surface area contributed by atoms with Crippen molar-refractivity contribution < 1.29 is 9.21 Å². The fourth-order valence-electron chi connectivity index (χ4n) is 2.56. The first-order valence-electron chi connectivity index (χ1n) is 8.26. The number of benzene rings is 1. The van der Waals surface area contributed by atoms with Gasteiger partial charge in [0.2, 0.25) is 5.91 Å². The van der Waals surface area contributed by atoms with Crippen LogP contribution in [0.5, 0.6) is 0 Å². The van der Waals surface area contributed by atoms with E-state index in [4.69, 9.17) is 4.42 Å². The summed E-state index contributed by atoms with van der Waals surface area (Å²) in [6.07, 6.45) is 0.265. The Kier molecular flexibility index (Phi) is 5.52. The summed E-state index contributed by atoms with van der Waals surface area (Å²) in [7, 11) is 0. The Morgan fingerprint density at radius 3 is 2.70 bits per heavy atom. The molecular weight excluding hydrogens is 444 g/mol. The first kappa shape index (κ1) is 18.2. The number of thiazole rings is 1. The summed E-state index contributed by atoms with van der Waals surface area (Å²) >= 11 is 6.62. The molecule has 0 atom stereocenters. The Hall–Kier alpha value is -2.22. The number of hydrogen-bond acceptors (Lipinski definition) is 5. The van der Waals surface area contributed by atoms with Crippen LogP contribution < -0.4 is 5.32 Å². The van der Waals surface area contributed by atoms with Gasteiger partial charge in [0, 0.05) is 26.4 Å². The lowest BCUT2D eigenvalue weighted by Crippen LogP contribution is -2.24. The summed E-state index contributed by atoms with van der Waals surface area (Å²) < 4.78 is 6.84. The lowest BCUT2D eigenvalue weighted by atomic mass is 10.2. The molecule has 136 valence electrons. The molecule has 0 aliphatic heterocycles. The first-order valence-corrected chi connectivity index (χ1v) is 10.9. The van der Waals surface area contributed by atoms with Crippen LogP contribution >= 0.6 is 38.6 Å². The highest BCUT2D eigenvalue weighted by atomic mass is 79.9. The Bertz CT molecular complexity index is 1040. The van der Waals surface area contributed by atoms with E-state index >= 15 is 0 Å². The standard InChI is InChI=1S/C20H15BrN2O2S2/c21-15-3-1-13(2-4-15)18-6-5-17(25-18)10-22-19(24)9-16-12-27-20(23-16)14-7-8-26-11-14/h1-8,11-12H,9-10H2,(H,22,24). The number of amides is 1. The van der Waals surface area contributed by atoms with Crippen LogP contribution in [0, 0.1) is 0 Å². The molecule has 1 amide bonds. The number of aromatic nitrogens is 1. The van der Waals surface area contributed by atoms with Gasteiger partial charge in [-0.15, -0.1) is 11.3 Å². The molecule has 0 aliphatic rings. The average molecular weight is 459 g/mol. The molecule has 1 N–H and O–H groups in total. The number of furan rings is 1. The fourth-order valence-corrected chi connectivity index (χ4v) is 4.36. The summed E-state index contributed by atoms with van der Waals surface area (Å²) in [6, 6.07) is 13.7. The highest BCUT2D eigenvalue weighted by molar-refractivity contribution is 9.10. The van der Waals surface area contributed by atoms with Crippen molar-refractivity contribution in [3.63, 3.8) is 0 Å². The highest BCUT2D eigenvalue weighted by Gasteiger charge is 2.11. The van der Waals surface area contributed by atoms with Crippen LogP contribution in [0.2, 0.25) is 0 Å². The minimum Gasteiger partial charge on any atom is -0.459 e. The van der Waals surface area contributed by atoms with Gasteiger partial charge in [-0.1, -0.05) is 28.1 Å². The molecular formula is C20H15BrN2O2S2. The van der Waals surface area contributed by atoms with Crippen LogP contribution in [-0.4, -0.2) is 10.9 Å². The largest absolute Gasteiger partial charge is 0.459 e. The molecule has 4 aromatic rings. The molecule has 3 heterocycles. The number of hydrogen-bond donors (Lipinski definition) is 1. The lowest BCUT2D eigenvalue weighted by molar-refractivity contribution is -0.120. The molecule has 0 spiro atoms. The molecule has 0 unspecified atom stereocenters. The van der Waals surface area contributed by atoms with E-state index < -0.39 is 0 Å². The van der Waals surface area contributed by atoms with Gasteiger partial charge in [0.1, 0.15) is 16.5 Å². The van der Waals surface area contributed by atoms with Crippen molar-refractivity contribution in [1.82, 2.24) is 10.3 Å². The van der Waals surface area contributed by atoms with E-state index in [-0.39, 0.29) is 12.3 Å². The molecule has 4 nitrogen and oxygen atoms in total. The number of nitrogens with one attached hydrogen (secondary N) is 1. The van der Waals surface area contributed by atoms with Crippen LogP contribution in [0.15, 0.2) is 67.5 Å². The highest BCUT2D eigenvalue weighted by Crippen LogP contribution is 2.26. The Morgan fingerprint density at radius 2 is 1.93 bits per heavy atom. The van der Waals surface area contributed by atoms with Gasteiger partial charge in [-0.2, -0.15) is 11.3 Å². The number of rotatable bonds is 6. The summed E-state index contributed by atoms with van der Waals surface area (Å²) in [6.45, 7) is 0.358. The van der Waals surface area contributed by atoms with Gasteiger partial charge in [-0.05, 0) is 35.7 Å². The predicted molar refractivity (Wildman–Crippen MR) is 113 cm³/mol. The zero-order valence-electron chi connectivity index (χ0n) is 14.1. The fraction of sp³-hybridized carbons (Fsp3) is 0.100. The van der Waals surface area contributed by atoms with Crippen molar-refractivity contribution in [3.05, 3.63) is 74.5 Å². The third-order valence-corrected chi connectivity index (χ3v) is 6.06. The minimum atomic E-state index is -0.0706. The van der Waals surface area contributed by atoms with E-state index in [1.54, 1.807) is 22.7 Å². The molecule has 27 heavy (non-hydrogen) atoms. The van der Waals surface area contributed by atoms with Gasteiger partial charge in [-0.3, -0.25) is 4.79 Å². The van der Waals surface area contributed by atoms with Crippen LogP contribution in [0.1, 0.15) is 11.5 Å². The van der Waals surface area contributed by atoms with Crippen molar-refractivity contribution in [1.29, 1.82) is 0 Å². The molecule has 7 heteroatoms. The maximum atomic E-state index is 12.2. The molecule has 0 saturated heterocycles. The van der Waals surface area contributed by atoms with Crippen LogP contribution in [0.25, 0.3) is 21.9 Å². The second-order valence-corrected chi connectivity index (χ2v) is 8.44. The van der Waals surface area contributed by atoms with E-state index in [9.17, 15) is 4.79 Å². The van der Waals surface area contributed by atoms with Crippen molar-refractivity contribution in [2.75, 3.05) is 0 Å². The third kappa shape index (κ3) is 4.55. The zero-order valence-corrected chi connectivity index (χ0v) is 17.4. The summed E-state index contributed by atoms with van der Waals surface area (Å²) in [4.78, 5) is 16.7. The topological polar surface area (TPSA) is 55.1 Å². The molecule has 3 aromatic heterocycles. The Balaban J connectivity index is 1.32. The smallest absolute Gasteiger partial charge is 0.226 e. The summed E-state index contributed by atoms with van der Waals surface area (Å²) in [5, 5.41) is 9.86. The molecule has 0 aliphatic carbocycles. The van der Waals surface area contributed by atoms with Crippen molar-refractivity contribution in [2.24, 2.45) is 0 Å². The maximum absolute atomic E-state index is 12.2. The molecule has 0 bridgehead atoms. The minimum absolute atomic E-state index is 0.0706. The van der Waals surface area contributed by atoms with E-state index in [2.05, 4.69) is 31.6 Å². The van der Waals surface area contributed by atoms with Gasteiger partial charge in [0.25, 0.3) is 0 Å². The molecule has 0 saturated carbocycles. The van der Waals surface area contributed by atoms with Crippen molar-refractivity contribution in [2.45, 2.75) is 13.0 Å².